The number of hydrogen-bond donors (Lipinski definition) is 4. The maximum atomic E-state index is 12.7. The number of thiophene rings is 1. The average Bonchev–Trinajstić information content (AvgIpc) is 3.19. The Balaban J connectivity index is 1.40. The second-order valence-electron chi connectivity index (χ2n) is 6.42. The normalized spacial score (nSPS) is 10.5. The van der Waals surface area contributed by atoms with Crippen molar-refractivity contribution in [2.75, 3.05) is 16.4 Å². The molecule has 0 saturated heterocycles. The van der Waals surface area contributed by atoms with Crippen LogP contribution >= 0.6 is 11.3 Å². The predicted octanol–water partition coefficient (Wildman–Crippen LogP) is 3.85. The van der Waals surface area contributed by atoms with Crippen molar-refractivity contribution in [2.24, 2.45) is 0 Å². The third-order valence-corrected chi connectivity index (χ3v) is 5.20. The molecular formula is C21H18N6O2S. The van der Waals surface area contributed by atoms with E-state index in [4.69, 9.17) is 5.73 Å². The van der Waals surface area contributed by atoms with E-state index in [9.17, 15) is 9.59 Å². The molecule has 2 aromatic heterocycles. The highest BCUT2D eigenvalue weighted by atomic mass is 32.1. The van der Waals surface area contributed by atoms with E-state index >= 15 is 0 Å². The third-order valence-electron chi connectivity index (χ3n) is 4.31. The van der Waals surface area contributed by atoms with Gasteiger partial charge in [-0.2, -0.15) is 0 Å². The number of aromatic nitrogens is 2. The van der Waals surface area contributed by atoms with Gasteiger partial charge in [-0.25, -0.2) is 14.8 Å². The number of carbonyl (C=O) groups is 2. The van der Waals surface area contributed by atoms with Crippen molar-refractivity contribution in [1.82, 2.24) is 15.3 Å². The zero-order valence-corrected chi connectivity index (χ0v) is 16.6. The molecule has 0 fully saturated rings. The van der Waals surface area contributed by atoms with Crippen molar-refractivity contribution in [3.63, 3.8) is 0 Å². The Morgan fingerprint density at radius 2 is 1.77 bits per heavy atom. The highest BCUT2D eigenvalue weighted by molar-refractivity contribution is 7.17. The van der Waals surface area contributed by atoms with Gasteiger partial charge in [0, 0.05) is 23.3 Å². The Labute approximate surface area is 176 Å². The van der Waals surface area contributed by atoms with Gasteiger partial charge in [0.1, 0.15) is 17.0 Å². The summed E-state index contributed by atoms with van der Waals surface area (Å²) in [5.41, 5.74) is 8.50. The summed E-state index contributed by atoms with van der Waals surface area (Å²) in [6.45, 7) is 0.310. The molecule has 4 aromatic rings. The summed E-state index contributed by atoms with van der Waals surface area (Å²) in [5, 5.41) is 10.7. The van der Waals surface area contributed by atoms with Crippen molar-refractivity contribution in [2.45, 2.75) is 6.54 Å². The van der Waals surface area contributed by atoms with Crippen molar-refractivity contribution in [3.8, 4) is 0 Å². The SMILES string of the molecule is Nc1ncnc2scc(C(=O)Nc3cccc(CNC(=O)Nc4ccccc4)c3)c12. The third kappa shape index (κ3) is 4.36. The average molecular weight is 418 g/mol. The van der Waals surface area contributed by atoms with E-state index in [-0.39, 0.29) is 17.8 Å². The Hall–Kier alpha value is -3.98. The number of rotatable bonds is 5. The zero-order chi connectivity index (χ0) is 20.9. The molecule has 30 heavy (non-hydrogen) atoms. The lowest BCUT2D eigenvalue weighted by Crippen LogP contribution is -2.28. The summed E-state index contributed by atoms with van der Waals surface area (Å²) < 4.78 is 0. The maximum Gasteiger partial charge on any atom is 0.319 e. The molecule has 0 unspecified atom stereocenters. The second kappa shape index (κ2) is 8.58. The molecule has 0 radical (unpaired) electrons. The summed E-state index contributed by atoms with van der Waals surface area (Å²) in [5.74, 6) is -0.0246. The first-order chi connectivity index (χ1) is 14.6. The van der Waals surface area contributed by atoms with E-state index < -0.39 is 0 Å². The van der Waals surface area contributed by atoms with Crippen molar-refractivity contribution >= 4 is 50.7 Å². The van der Waals surface area contributed by atoms with E-state index in [1.807, 2.05) is 42.5 Å². The number of benzene rings is 2. The van der Waals surface area contributed by atoms with Crippen LogP contribution in [0.25, 0.3) is 10.2 Å². The zero-order valence-electron chi connectivity index (χ0n) is 15.8. The number of hydrogen-bond acceptors (Lipinski definition) is 6. The van der Waals surface area contributed by atoms with E-state index in [0.717, 1.165) is 5.56 Å². The topological polar surface area (TPSA) is 122 Å². The van der Waals surface area contributed by atoms with Crippen LogP contribution in [0, 0.1) is 0 Å². The summed E-state index contributed by atoms with van der Waals surface area (Å²) in [6.07, 6.45) is 1.38. The second-order valence-corrected chi connectivity index (χ2v) is 7.27. The van der Waals surface area contributed by atoms with Gasteiger partial charge in [-0.1, -0.05) is 30.3 Å². The van der Waals surface area contributed by atoms with Gasteiger partial charge < -0.3 is 21.7 Å². The number of urea groups is 1. The molecule has 0 spiro atoms. The Morgan fingerprint density at radius 1 is 0.967 bits per heavy atom. The van der Waals surface area contributed by atoms with Crippen molar-refractivity contribution < 1.29 is 9.59 Å². The molecule has 0 aliphatic carbocycles. The van der Waals surface area contributed by atoms with Gasteiger partial charge in [0.15, 0.2) is 0 Å². The van der Waals surface area contributed by atoms with Crippen LogP contribution in [0.1, 0.15) is 15.9 Å². The van der Waals surface area contributed by atoms with Crippen LogP contribution in [-0.4, -0.2) is 21.9 Å². The number of fused-ring (bicyclic) bond motifs is 1. The molecule has 9 heteroatoms. The lowest BCUT2D eigenvalue weighted by molar-refractivity contribution is 0.102. The Morgan fingerprint density at radius 3 is 2.60 bits per heavy atom. The molecule has 0 aliphatic heterocycles. The molecule has 8 nitrogen and oxygen atoms in total. The van der Waals surface area contributed by atoms with Crippen LogP contribution in [0.15, 0.2) is 66.3 Å². The van der Waals surface area contributed by atoms with Crippen LogP contribution < -0.4 is 21.7 Å². The van der Waals surface area contributed by atoms with Crippen molar-refractivity contribution in [3.05, 3.63) is 77.4 Å². The number of nitrogens with one attached hydrogen (secondary N) is 3. The largest absolute Gasteiger partial charge is 0.383 e. The fourth-order valence-electron chi connectivity index (χ4n) is 2.90. The molecule has 2 aromatic carbocycles. The number of nitrogens with zero attached hydrogens (tertiary/aromatic N) is 2. The van der Waals surface area contributed by atoms with Crippen LogP contribution in [0.4, 0.5) is 22.0 Å². The van der Waals surface area contributed by atoms with Crippen LogP contribution in [0.5, 0.6) is 0 Å². The monoisotopic (exact) mass is 418 g/mol. The highest BCUT2D eigenvalue weighted by Crippen LogP contribution is 2.28. The van der Waals surface area contributed by atoms with Gasteiger partial charge in [-0.3, -0.25) is 4.79 Å². The van der Waals surface area contributed by atoms with Crippen LogP contribution in [0.2, 0.25) is 0 Å². The molecule has 150 valence electrons. The molecule has 0 atom stereocenters. The lowest BCUT2D eigenvalue weighted by Gasteiger charge is -2.10. The van der Waals surface area contributed by atoms with Crippen LogP contribution in [0.3, 0.4) is 0 Å². The van der Waals surface area contributed by atoms with E-state index in [1.165, 1.54) is 17.7 Å². The van der Waals surface area contributed by atoms with Gasteiger partial charge in [-0.05, 0) is 29.8 Å². The predicted molar refractivity (Wildman–Crippen MR) is 119 cm³/mol. The molecule has 0 aliphatic rings. The smallest absolute Gasteiger partial charge is 0.319 e. The molecular weight excluding hydrogens is 400 g/mol. The molecule has 5 N–H and O–H groups in total. The number of amides is 3. The van der Waals surface area contributed by atoms with E-state index in [0.29, 0.717) is 33.7 Å². The van der Waals surface area contributed by atoms with Gasteiger partial charge in [0.2, 0.25) is 0 Å². The minimum absolute atomic E-state index is 0.272. The Kier molecular flexibility index (Phi) is 5.53. The van der Waals surface area contributed by atoms with Crippen molar-refractivity contribution in [1.29, 1.82) is 0 Å². The van der Waals surface area contributed by atoms with Gasteiger partial charge in [-0.15, -0.1) is 11.3 Å². The minimum Gasteiger partial charge on any atom is -0.383 e. The number of nitrogens with two attached hydrogens (primary N) is 1. The quantitative estimate of drug-likeness (QED) is 0.392. The van der Waals surface area contributed by atoms with Gasteiger partial charge in [0.25, 0.3) is 5.91 Å². The fourth-order valence-corrected chi connectivity index (χ4v) is 3.80. The highest BCUT2D eigenvalue weighted by Gasteiger charge is 2.16. The summed E-state index contributed by atoms with van der Waals surface area (Å²) in [4.78, 5) is 33.5. The molecule has 0 saturated carbocycles. The number of nitrogen functional groups attached to an aromatic ring is 1. The lowest BCUT2D eigenvalue weighted by atomic mass is 10.1. The number of anilines is 3. The molecule has 3 amide bonds. The summed E-state index contributed by atoms with van der Waals surface area (Å²) in [7, 11) is 0. The van der Waals surface area contributed by atoms with E-state index in [2.05, 4.69) is 25.9 Å². The standard InChI is InChI=1S/C21H18N6O2S/c22-18-17-16(11-30-20(17)25-12-24-18)19(28)26-15-8-4-5-13(9-15)10-23-21(29)27-14-6-2-1-3-7-14/h1-9,11-12H,10H2,(H,26,28)(H2,22,24,25)(H2,23,27,29). The first kappa shape index (κ1) is 19.3. The number of para-hydroxylation sites is 1. The van der Waals surface area contributed by atoms with E-state index in [1.54, 1.807) is 17.5 Å². The minimum atomic E-state index is -0.309. The van der Waals surface area contributed by atoms with Gasteiger partial charge >= 0.3 is 6.03 Å². The summed E-state index contributed by atoms with van der Waals surface area (Å²) >= 11 is 1.34. The maximum absolute atomic E-state index is 12.7. The first-order valence-electron chi connectivity index (χ1n) is 9.08. The Bertz CT molecular complexity index is 1210. The molecule has 0 bridgehead atoms. The first-order valence-corrected chi connectivity index (χ1v) is 9.96. The van der Waals surface area contributed by atoms with Crippen LogP contribution in [-0.2, 0) is 6.54 Å². The number of carbonyl (C=O) groups excluding carboxylic acids is 2. The summed E-state index contributed by atoms with van der Waals surface area (Å²) in [6, 6.07) is 16.1. The van der Waals surface area contributed by atoms with Gasteiger partial charge in [0.05, 0.1) is 10.9 Å². The molecule has 2 heterocycles. The fraction of sp³-hybridized carbons (Fsp3) is 0.0476. The molecule has 4 rings (SSSR count).